The maximum absolute atomic E-state index is 12.6. The van der Waals surface area contributed by atoms with E-state index >= 15 is 0 Å². The Bertz CT molecular complexity index is 1090. The molecule has 1 fully saturated rings. The molecule has 2 heterocycles. The van der Waals surface area contributed by atoms with Gasteiger partial charge in [0, 0.05) is 16.3 Å². The summed E-state index contributed by atoms with van der Waals surface area (Å²) < 4.78 is 23.0. The van der Waals surface area contributed by atoms with Gasteiger partial charge in [-0.2, -0.15) is 0 Å². The van der Waals surface area contributed by atoms with Crippen molar-refractivity contribution in [3.05, 3.63) is 56.7 Å². The average molecular weight is 372 g/mol. The van der Waals surface area contributed by atoms with Gasteiger partial charge in [-0.3, -0.25) is 9.59 Å². The van der Waals surface area contributed by atoms with Crippen molar-refractivity contribution in [2.75, 3.05) is 5.75 Å². The van der Waals surface area contributed by atoms with Gasteiger partial charge >= 0.3 is 0 Å². The first-order valence-electron chi connectivity index (χ1n) is 8.72. The lowest BCUT2D eigenvalue weighted by Gasteiger charge is -2.26. The highest BCUT2D eigenvalue weighted by Gasteiger charge is 2.26. The Morgan fingerprint density at radius 3 is 2.65 bits per heavy atom. The molecule has 7 heteroatoms. The summed E-state index contributed by atoms with van der Waals surface area (Å²) in [5, 5.41) is 4.54. The van der Waals surface area contributed by atoms with Crippen molar-refractivity contribution in [1.29, 1.82) is 0 Å². The molecule has 0 radical (unpaired) electrons. The number of hydrogen-bond acceptors (Lipinski definition) is 4. The summed E-state index contributed by atoms with van der Waals surface area (Å²) in [6.45, 7) is 1.75. The zero-order valence-electron chi connectivity index (χ0n) is 14.4. The van der Waals surface area contributed by atoms with E-state index in [4.69, 9.17) is 0 Å². The van der Waals surface area contributed by atoms with Crippen LogP contribution in [0.25, 0.3) is 10.9 Å². The third-order valence-corrected chi connectivity index (χ3v) is 6.74. The Labute approximate surface area is 151 Å². The summed E-state index contributed by atoms with van der Waals surface area (Å²) >= 11 is 0. The molecular formula is C19H20N2O4S. The quantitative estimate of drug-likeness (QED) is 0.863. The fourth-order valence-corrected chi connectivity index (χ4v) is 4.89. The van der Waals surface area contributed by atoms with Crippen LogP contribution in [0.15, 0.2) is 34.5 Å². The number of carbonyl (C=O) groups is 1. The van der Waals surface area contributed by atoms with E-state index in [9.17, 15) is 18.0 Å². The second-order valence-corrected chi connectivity index (χ2v) is 9.06. The number of rotatable bonds is 3. The molecule has 1 aromatic carbocycles. The van der Waals surface area contributed by atoms with E-state index in [0.717, 1.165) is 16.3 Å². The third-order valence-electron chi connectivity index (χ3n) is 5.35. The van der Waals surface area contributed by atoms with Crippen molar-refractivity contribution < 1.29 is 13.2 Å². The first-order valence-corrected chi connectivity index (χ1v) is 10.4. The molecule has 0 spiro atoms. The van der Waals surface area contributed by atoms with E-state index in [0.29, 0.717) is 11.5 Å². The van der Waals surface area contributed by atoms with Crippen LogP contribution in [0.2, 0.25) is 0 Å². The normalized spacial score (nSPS) is 21.7. The zero-order chi connectivity index (χ0) is 18.5. The van der Waals surface area contributed by atoms with Crippen molar-refractivity contribution in [2.45, 2.75) is 38.1 Å². The summed E-state index contributed by atoms with van der Waals surface area (Å²) in [7, 11) is -3.27. The van der Waals surface area contributed by atoms with Crippen LogP contribution >= 0.6 is 0 Å². The van der Waals surface area contributed by atoms with Gasteiger partial charge in [0.1, 0.15) is 5.56 Å². The van der Waals surface area contributed by atoms with Gasteiger partial charge in [0.05, 0.1) is 11.8 Å². The van der Waals surface area contributed by atoms with Crippen LogP contribution in [0.4, 0.5) is 0 Å². The third kappa shape index (κ3) is 2.96. The number of amides is 1. The lowest BCUT2D eigenvalue weighted by atomic mass is 9.80. The molecule has 0 bridgehead atoms. The molecule has 1 amide bonds. The van der Waals surface area contributed by atoms with Crippen LogP contribution in [0.5, 0.6) is 0 Å². The molecule has 6 nitrogen and oxygen atoms in total. The minimum atomic E-state index is -3.27. The Hall–Kier alpha value is -2.41. The largest absolute Gasteiger partial charge is 0.345 e. The van der Waals surface area contributed by atoms with Crippen LogP contribution in [0, 0.1) is 6.92 Å². The molecule has 1 atom stereocenters. The van der Waals surface area contributed by atoms with Crippen LogP contribution in [0.3, 0.4) is 0 Å². The lowest BCUT2D eigenvalue weighted by Crippen LogP contribution is -2.38. The number of pyridine rings is 1. The summed E-state index contributed by atoms with van der Waals surface area (Å²) in [4.78, 5) is 27.9. The fourth-order valence-electron chi connectivity index (χ4n) is 3.66. The van der Waals surface area contributed by atoms with Crippen molar-refractivity contribution in [3.63, 3.8) is 0 Å². The van der Waals surface area contributed by atoms with Gasteiger partial charge in [0.2, 0.25) is 0 Å². The van der Waals surface area contributed by atoms with Gasteiger partial charge in [0.15, 0.2) is 9.84 Å². The highest BCUT2D eigenvalue weighted by molar-refractivity contribution is 7.94. The summed E-state index contributed by atoms with van der Waals surface area (Å²) in [6, 6.07) is 5.40. The Morgan fingerprint density at radius 2 is 2.04 bits per heavy atom. The lowest BCUT2D eigenvalue weighted by molar-refractivity contribution is 0.0945. The molecule has 2 aromatic rings. The van der Waals surface area contributed by atoms with E-state index in [1.54, 1.807) is 6.92 Å². The minimum absolute atomic E-state index is 0.0339. The first-order chi connectivity index (χ1) is 12.3. The number of fused-ring (bicyclic) bond motifs is 1. The smallest absolute Gasteiger partial charge is 0.261 e. The topological polar surface area (TPSA) is 96.1 Å². The van der Waals surface area contributed by atoms with Crippen molar-refractivity contribution >= 4 is 26.6 Å². The maximum atomic E-state index is 12.6. The number of aromatic amines is 1. The van der Waals surface area contributed by atoms with Crippen molar-refractivity contribution in [3.8, 4) is 0 Å². The number of benzene rings is 1. The number of aryl methyl sites for hydroxylation is 1. The standard InChI is InChI=1S/C19H20N2O4S/c1-11-15-6-5-13(12-3-2-4-12)9-16(15)21-19(23)17(11)18(22)20-14-7-8-26(24,25)10-14/h5-9,12,14H,2-4,10H2,1H3,(H,20,22)(H,21,23)/t14-/m1/s1. The van der Waals surface area contributed by atoms with Crippen molar-refractivity contribution in [2.24, 2.45) is 0 Å². The number of nitrogens with one attached hydrogen (secondary N) is 2. The molecule has 2 N–H and O–H groups in total. The highest BCUT2D eigenvalue weighted by Crippen LogP contribution is 2.37. The van der Waals surface area contributed by atoms with E-state index in [2.05, 4.69) is 16.4 Å². The molecule has 26 heavy (non-hydrogen) atoms. The van der Waals surface area contributed by atoms with Gasteiger partial charge in [-0.05, 0) is 49.0 Å². The van der Waals surface area contributed by atoms with Crippen molar-refractivity contribution in [1.82, 2.24) is 10.3 Å². The molecule has 1 aliphatic carbocycles. The molecule has 1 aliphatic heterocycles. The molecule has 0 saturated heterocycles. The van der Waals surface area contributed by atoms with E-state index < -0.39 is 27.3 Å². The Morgan fingerprint density at radius 1 is 1.27 bits per heavy atom. The molecular weight excluding hydrogens is 352 g/mol. The predicted octanol–water partition coefficient (Wildman–Crippen LogP) is 2.14. The van der Waals surface area contributed by atoms with Crippen LogP contribution in [0.1, 0.15) is 46.7 Å². The number of hydrogen-bond donors (Lipinski definition) is 2. The molecule has 1 aromatic heterocycles. The summed E-state index contributed by atoms with van der Waals surface area (Å²) in [5.74, 6) is -0.170. The van der Waals surface area contributed by atoms with Gasteiger partial charge in [-0.1, -0.05) is 18.6 Å². The molecule has 136 valence electrons. The summed E-state index contributed by atoms with van der Waals surface area (Å²) in [5.41, 5.74) is 2.13. The highest BCUT2D eigenvalue weighted by atomic mass is 32.2. The Kier molecular flexibility index (Phi) is 3.99. The monoisotopic (exact) mass is 372 g/mol. The number of H-pyrrole nitrogens is 1. The number of sulfone groups is 1. The average Bonchev–Trinajstić information content (AvgIpc) is 2.84. The number of carbonyl (C=O) groups excluding carboxylic acids is 1. The summed E-state index contributed by atoms with van der Waals surface area (Å²) in [6.07, 6.45) is 5.02. The fraction of sp³-hybridized carbons (Fsp3) is 0.368. The van der Waals surface area contributed by atoms with Gasteiger partial charge in [0.25, 0.3) is 11.5 Å². The first kappa shape index (κ1) is 17.0. The SMILES string of the molecule is Cc1c(C(=O)N[C@@H]2C=CS(=O)(=O)C2)c(=O)[nH]c2cc(C3CCC3)ccc12. The van der Waals surface area contributed by atoms with Gasteiger partial charge < -0.3 is 10.3 Å². The maximum Gasteiger partial charge on any atom is 0.261 e. The van der Waals surface area contributed by atoms with Crippen LogP contribution < -0.4 is 10.9 Å². The second kappa shape index (κ2) is 6.09. The molecule has 2 aliphatic rings. The minimum Gasteiger partial charge on any atom is -0.345 e. The van der Waals surface area contributed by atoms with E-state index in [1.165, 1.54) is 30.9 Å². The van der Waals surface area contributed by atoms with E-state index in [-0.39, 0.29) is 11.3 Å². The van der Waals surface area contributed by atoms with E-state index in [1.807, 2.05) is 12.1 Å². The van der Waals surface area contributed by atoms with Gasteiger partial charge in [-0.25, -0.2) is 8.42 Å². The Balaban J connectivity index is 1.68. The second-order valence-electron chi connectivity index (χ2n) is 7.12. The number of aromatic nitrogens is 1. The van der Waals surface area contributed by atoms with Crippen LogP contribution in [-0.4, -0.2) is 31.1 Å². The van der Waals surface area contributed by atoms with Gasteiger partial charge in [-0.15, -0.1) is 0 Å². The zero-order valence-corrected chi connectivity index (χ0v) is 15.2. The predicted molar refractivity (Wildman–Crippen MR) is 100 cm³/mol. The molecule has 1 saturated carbocycles. The molecule has 0 unspecified atom stereocenters. The van der Waals surface area contributed by atoms with Crippen LogP contribution in [-0.2, 0) is 9.84 Å². The molecule has 4 rings (SSSR count).